The quantitative estimate of drug-likeness (QED) is 0.799. The van der Waals surface area contributed by atoms with Gasteiger partial charge in [0.25, 0.3) is 0 Å². The van der Waals surface area contributed by atoms with Crippen LogP contribution in [0.4, 0.5) is 0 Å². The van der Waals surface area contributed by atoms with Crippen molar-refractivity contribution in [1.29, 1.82) is 0 Å². The molecule has 1 N–H and O–H groups in total. The molecule has 0 aromatic carbocycles. The maximum atomic E-state index is 11.5. The summed E-state index contributed by atoms with van der Waals surface area (Å²) in [6, 6.07) is 0. The zero-order valence-electron chi connectivity index (χ0n) is 11.5. The second kappa shape index (κ2) is 6.98. The second-order valence-electron chi connectivity index (χ2n) is 4.81. The molecule has 1 aliphatic heterocycles. The van der Waals surface area contributed by atoms with Crippen LogP contribution in [0.15, 0.2) is 5.38 Å². The first kappa shape index (κ1) is 14.4. The smallest absolute Gasteiger partial charge is 0.367 e. The number of nitrogens with one attached hydrogen (secondary N) is 1. The lowest BCUT2D eigenvalue weighted by molar-refractivity contribution is 0.0525. The number of likely N-dealkylation sites (tertiary alicyclic amines) is 1. The maximum absolute atomic E-state index is 11.5. The Hall–Kier alpha value is -0.980. The van der Waals surface area contributed by atoms with E-state index in [0.29, 0.717) is 11.6 Å². The molecule has 0 aliphatic carbocycles. The van der Waals surface area contributed by atoms with Crippen LogP contribution in [-0.4, -0.2) is 49.1 Å². The minimum absolute atomic E-state index is 0.312. The molecule has 2 heterocycles. The highest BCUT2D eigenvalue weighted by Gasteiger charge is 2.22. The zero-order chi connectivity index (χ0) is 13.7. The predicted octanol–water partition coefficient (Wildman–Crippen LogP) is 1.36. The number of carbonyl (C=O) groups excluding carboxylic acids is 1. The fourth-order valence-electron chi connectivity index (χ4n) is 2.41. The van der Waals surface area contributed by atoms with Gasteiger partial charge >= 0.3 is 5.97 Å². The fourth-order valence-corrected chi connectivity index (χ4v) is 3.11. The van der Waals surface area contributed by atoms with Crippen LogP contribution in [0.5, 0.6) is 0 Å². The van der Waals surface area contributed by atoms with E-state index in [1.165, 1.54) is 17.8 Å². The molecule has 0 radical (unpaired) electrons. The van der Waals surface area contributed by atoms with E-state index in [1.54, 1.807) is 6.92 Å². The molecule has 1 unspecified atom stereocenters. The van der Waals surface area contributed by atoms with Crippen molar-refractivity contribution in [2.24, 2.45) is 5.92 Å². The summed E-state index contributed by atoms with van der Waals surface area (Å²) in [5.74, 6) is 0.418. The minimum atomic E-state index is -0.312. The molecule has 6 heteroatoms. The van der Waals surface area contributed by atoms with Gasteiger partial charge in [-0.15, -0.1) is 11.3 Å². The highest BCUT2D eigenvalue weighted by atomic mass is 32.1. The van der Waals surface area contributed by atoms with Gasteiger partial charge in [0.15, 0.2) is 0 Å². The van der Waals surface area contributed by atoms with Crippen molar-refractivity contribution in [3.8, 4) is 0 Å². The zero-order valence-corrected chi connectivity index (χ0v) is 12.3. The summed E-state index contributed by atoms with van der Waals surface area (Å²) in [7, 11) is 1.99. The molecule has 2 rings (SSSR count). The monoisotopic (exact) mass is 283 g/mol. The van der Waals surface area contributed by atoms with E-state index < -0.39 is 0 Å². The van der Waals surface area contributed by atoms with E-state index >= 15 is 0 Å². The van der Waals surface area contributed by atoms with Crippen molar-refractivity contribution in [3.63, 3.8) is 0 Å². The normalized spacial score (nSPS) is 19.8. The Labute approximate surface area is 118 Å². The Bertz CT molecular complexity index is 422. The number of esters is 1. The van der Waals surface area contributed by atoms with Crippen LogP contribution < -0.4 is 5.32 Å². The first-order chi connectivity index (χ1) is 9.22. The van der Waals surface area contributed by atoms with Gasteiger partial charge in [-0.2, -0.15) is 0 Å². The van der Waals surface area contributed by atoms with Crippen LogP contribution in [0.3, 0.4) is 0 Å². The average Bonchev–Trinajstić information content (AvgIpc) is 3.00. The van der Waals surface area contributed by atoms with Crippen LogP contribution in [0.2, 0.25) is 0 Å². The Kier molecular flexibility index (Phi) is 5.30. The highest BCUT2D eigenvalue weighted by Crippen LogP contribution is 2.19. The van der Waals surface area contributed by atoms with Crippen LogP contribution >= 0.6 is 11.3 Å². The number of thiazole rings is 1. The second-order valence-corrected chi connectivity index (χ2v) is 5.67. The number of hydrogen-bond donors (Lipinski definition) is 1. The molecule has 19 heavy (non-hydrogen) atoms. The van der Waals surface area contributed by atoms with E-state index in [9.17, 15) is 4.79 Å². The first-order valence-electron chi connectivity index (χ1n) is 6.71. The number of rotatable bonds is 6. The van der Waals surface area contributed by atoms with Gasteiger partial charge < -0.3 is 10.1 Å². The fraction of sp³-hybridized carbons (Fsp3) is 0.692. The molecule has 1 aliphatic rings. The van der Waals surface area contributed by atoms with Gasteiger partial charge in [0.2, 0.25) is 5.01 Å². The van der Waals surface area contributed by atoms with Crippen molar-refractivity contribution in [1.82, 2.24) is 15.2 Å². The van der Waals surface area contributed by atoms with E-state index in [-0.39, 0.29) is 5.97 Å². The molecule has 106 valence electrons. The highest BCUT2D eigenvalue weighted by molar-refractivity contribution is 7.11. The molecule has 1 fully saturated rings. The van der Waals surface area contributed by atoms with Gasteiger partial charge in [0.1, 0.15) is 0 Å². The average molecular weight is 283 g/mol. The van der Waals surface area contributed by atoms with Gasteiger partial charge in [-0.05, 0) is 39.4 Å². The van der Waals surface area contributed by atoms with E-state index in [2.05, 4.69) is 15.2 Å². The molecule has 1 aromatic rings. The third-order valence-electron chi connectivity index (χ3n) is 3.25. The van der Waals surface area contributed by atoms with Gasteiger partial charge in [-0.3, -0.25) is 4.90 Å². The standard InChI is InChI=1S/C13H21N3O2S/c1-3-18-13(17)12-15-11(9-19-12)8-16-5-4-10(7-16)6-14-2/h9-10,14H,3-8H2,1-2H3. The maximum Gasteiger partial charge on any atom is 0.367 e. The summed E-state index contributed by atoms with van der Waals surface area (Å²) < 4.78 is 4.95. The molecule has 0 spiro atoms. The molecule has 0 bridgehead atoms. The number of nitrogens with zero attached hydrogens (tertiary/aromatic N) is 2. The summed E-state index contributed by atoms with van der Waals surface area (Å²) in [6.45, 7) is 6.31. The van der Waals surface area contributed by atoms with Crippen molar-refractivity contribution in [2.45, 2.75) is 19.9 Å². The summed E-state index contributed by atoms with van der Waals surface area (Å²) in [5, 5.41) is 5.64. The first-order valence-corrected chi connectivity index (χ1v) is 7.59. The molecule has 1 saturated heterocycles. The lowest BCUT2D eigenvalue weighted by Crippen LogP contribution is -2.24. The van der Waals surface area contributed by atoms with E-state index in [1.807, 2.05) is 12.4 Å². The van der Waals surface area contributed by atoms with Crippen LogP contribution in [0.25, 0.3) is 0 Å². The largest absolute Gasteiger partial charge is 0.461 e. The molecular formula is C13H21N3O2S. The Morgan fingerprint density at radius 2 is 2.53 bits per heavy atom. The number of aromatic nitrogens is 1. The summed E-state index contributed by atoms with van der Waals surface area (Å²) in [6.07, 6.45) is 1.23. The lowest BCUT2D eigenvalue weighted by Gasteiger charge is -2.14. The summed E-state index contributed by atoms with van der Waals surface area (Å²) in [4.78, 5) is 18.3. The third-order valence-corrected chi connectivity index (χ3v) is 4.12. The van der Waals surface area contributed by atoms with Crippen LogP contribution in [-0.2, 0) is 11.3 Å². The Balaban J connectivity index is 1.85. The van der Waals surface area contributed by atoms with Gasteiger partial charge in [-0.25, -0.2) is 9.78 Å². The predicted molar refractivity (Wildman–Crippen MR) is 75.4 cm³/mol. The van der Waals surface area contributed by atoms with Crippen LogP contribution in [0.1, 0.15) is 28.8 Å². The lowest BCUT2D eigenvalue weighted by atomic mass is 10.1. The Morgan fingerprint density at radius 3 is 3.26 bits per heavy atom. The number of ether oxygens (including phenoxy) is 1. The molecule has 5 nitrogen and oxygen atoms in total. The number of carbonyl (C=O) groups is 1. The molecule has 0 saturated carbocycles. The molecule has 1 atom stereocenters. The molecule has 1 aromatic heterocycles. The summed E-state index contributed by atoms with van der Waals surface area (Å²) in [5.41, 5.74) is 0.971. The van der Waals surface area contributed by atoms with E-state index in [0.717, 1.165) is 37.8 Å². The van der Waals surface area contributed by atoms with Crippen molar-refractivity contribution in [2.75, 3.05) is 33.3 Å². The Morgan fingerprint density at radius 1 is 1.68 bits per heavy atom. The molecular weight excluding hydrogens is 262 g/mol. The van der Waals surface area contributed by atoms with Crippen molar-refractivity contribution in [3.05, 3.63) is 16.1 Å². The topological polar surface area (TPSA) is 54.5 Å². The third kappa shape index (κ3) is 3.99. The van der Waals surface area contributed by atoms with Gasteiger partial charge in [0, 0.05) is 18.5 Å². The van der Waals surface area contributed by atoms with Crippen molar-refractivity contribution >= 4 is 17.3 Å². The SMILES string of the molecule is CCOC(=O)c1nc(CN2CCC(CNC)C2)cs1. The van der Waals surface area contributed by atoms with Crippen LogP contribution in [0, 0.1) is 5.92 Å². The van der Waals surface area contributed by atoms with Gasteiger partial charge in [0.05, 0.1) is 12.3 Å². The number of hydrogen-bond acceptors (Lipinski definition) is 6. The summed E-state index contributed by atoms with van der Waals surface area (Å²) >= 11 is 1.37. The van der Waals surface area contributed by atoms with E-state index in [4.69, 9.17) is 4.74 Å². The van der Waals surface area contributed by atoms with Crippen molar-refractivity contribution < 1.29 is 9.53 Å². The molecule has 0 amide bonds. The van der Waals surface area contributed by atoms with Gasteiger partial charge in [-0.1, -0.05) is 0 Å². The minimum Gasteiger partial charge on any atom is -0.461 e.